The summed E-state index contributed by atoms with van der Waals surface area (Å²) in [7, 11) is 1.33. The molecule has 22 heavy (non-hydrogen) atoms. The van der Waals surface area contributed by atoms with Crippen LogP contribution in [0, 0.1) is 0 Å². The molecule has 0 saturated carbocycles. The van der Waals surface area contributed by atoms with Crippen LogP contribution in [0.3, 0.4) is 0 Å². The first-order valence-corrected chi connectivity index (χ1v) is 7.48. The number of hydrogen-bond donors (Lipinski definition) is 1. The van der Waals surface area contributed by atoms with Crippen LogP contribution >= 0.6 is 58.0 Å². The van der Waals surface area contributed by atoms with Gasteiger partial charge in [-0.1, -0.05) is 58.0 Å². The molecule has 1 heterocycles. The van der Waals surface area contributed by atoms with Crippen molar-refractivity contribution in [1.82, 2.24) is 4.98 Å². The summed E-state index contributed by atoms with van der Waals surface area (Å²) in [6.07, 6.45) is 1.28. The molecule has 1 aromatic carbocycles. The second-order valence-corrected chi connectivity index (χ2v) is 5.88. The molecule has 116 valence electrons. The minimum absolute atomic E-state index is 0.0122. The van der Waals surface area contributed by atoms with Gasteiger partial charge in [0.25, 0.3) is 0 Å². The summed E-state index contributed by atoms with van der Waals surface area (Å²) in [6.45, 7) is 0. The summed E-state index contributed by atoms with van der Waals surface area (Å²) >= 11 is 30.3. The van der Waals surface area contributed by atoms with Crippen molar-refractivity contribution in [2.24, 2.45) is 0 Å². The van der Waals surface area contributed by atoms with Crippen molar-refractivity contribution in [3.05, 3.63) is 42.9 Å². The molecule has 1 aromatic heterocycles. The lowest BCUT2D eigenvalue weighted by Crippen LogP contribution is -2.04. The van der Waals surface area contributed by atoms with Gasteiger partial charge >= 0.3 is 5.97 Å². The van der Waals surface area contributed by atoms with E-state index in [1.807, 2.05) is 0 Å². The third-order valence-corrected chi connectivity index (χ3v) is 5.08. The Labute approximate surface area is 150 Å². The number of ether oxygens (including phenoxy) is 1. The van der Waals surface area contributed by atoms with E-state index in [-0.39, 0.29) is 47.7 Å². The highest BCUT2D eigenvalue weighted by atomic mass is 35.5. The Hall–Kier alpha value is -0.910. The van der Waals surface area contributed by atoms with Crippen LogP contribution in [0.4, 0.5) is 0 Å². The SMILES string of the molecule is COc1nccc(C(=O)O)c1-c1c(Cl)c(Cl)c(Cl)c(Cl)c1Cl. The van der Waals surface area contributed by atoms with E-state index >= 15 is 0 Å². The molecule has 0 saturated heterocycles. The first-order valence-electron chi connectivity index (χ1n) is 5.59. The quantitative estimate of drug-likeness (QED) is 0.528. The van der Waals surface area contributed by atoms with E-state index in [1.54, 1.807) is 0 Å². The lowest BCUT2D eigenvalue weighted by atomic mass is 10.0. The number of hydrogen-bond acceptors (Lipinski definition) is 3. The molecule has 1 N–H and O–H groups in total. The number of rotatable bonds is 3. The molecule has 0 spiro atoms. The van der Waals surface area contributed by atoms with Gasteiger partial charge in [0.2, 0.25) is 5.88 Å². The maximum Gasteiger partial charge on any atom is 0.336 e. The highest BCUT2D eigenvalue weighted by molar-refractivity contribution is 6.56. The molecule has 2 aromatic rings. The van der Waals surface area contributed by atoms with Crippen molar-refractivity contribution in [2.75, 3.05) is 7.11 Å². The minimum Gasteiger partial charge on any atom is -0.481 e. The standard InChI is InChI=1S/C13H6Cl5NO3/c1-22-12-5(4(13(20)21)2-3-19-12)6-7(14)9(16)11(18)10(17)8(6)15/h2-3H,1H3,(H,20,21). The molecule has 0 fully saturated rings. The van der Waals surface area contributed by atoms with Crippen LogP contribution in [0.15, 0.2) is 12.3 Å². The van der Waals surface area contributed by atoms with Gasteiger partial charge < -0.3 is 9.84 Å². The van der Waals surface area contributed by atoms with E-state index in [4.69, 9.17) is 62.7 Å². The topological polar surface area (TPSA) is 59.4 Å². The summed E-state index contributed by atoms with van der Waals surface area (Å²) in [5.74, 6) is -1.21. The zero-order valence-corrected chi connectivity index (χ0v) is 14.5. The fourth-order valence-electron chi connectivity index (χ4n) is 1.84. The van der Waals surface area contributed by atoms with E-state index in [2.05, 4.69) is 4.98 Å². The maximum absolute atomic E-state index is 11.5. The summed E-state index contributed by atoms with van der Waals surface area (Å²) in [5.41, 5.74) is 0.0307. The summed E-state index contributed by atoms with van der Waals surface area (Å²) in [6, 6.07) is 1.28. The van der Waals surface area contributed by atoms with Gasteiger partial charge in [0, 0.05) is 11.8 Å². The molecule has 0 aliphatic rings. The predicted molar refractivity (Wildman–Crippen MR) is 88.2 cm³/mol. The first-order chi connectivity index (χ1) is 10.3. The maximum atomic E-state index is 11.5. The van der Waals surface area contributed by atoms with Gasteiger partial charge in [0.1, 0.15) is 0 Å². The van der Waals surface area contributed by atoms with Crippen LogP contribution in [0.25, 0.3) is 11.1 Å². The van der Waals surface area contributed by atoms with Gasteiger partial charge in [-0.2, -0.15) is 0 Å². The Balaban J connectivity index is 2.98. The highest BCUT2D eigenvalue weighted by Crippen LogP contribution is 2.50. The number of carboxylic acids is 1. The van der Waals surface area contributed by atoms with Gasteiger partial charge in [-0.25, -0.2) is 9.78 Å². The van der Waals surface area contributed by atoms with Gasteiger partial charge in [-0.05, 0) is 6.07 Å². The zero-order chi connectivity index (χ0) is 16.6. The molecule has 0 bridgehead atoms. The van der Waals surface area contributed by atoms with E-state index < -0.39 is 5.97 Å². The number of aromatic nitrogens is 1. The van der Waals surface area contributed by atoms with Crippen LogP contribution in [-0.2, 0) is 0 Å². The molecule has 2 rings (SSSR count). The summed E-state index contributed by atoms with van der Waals surface area (Å²) < 4.78 is 5.10. The number of methoxy groups -OCH3 is 1. The second-order valence-electron chi connectivity index (χ2n) is 3.99. The first kappa shape index (κ1) is 17.4. The third kappa shape index (κ3) is 2.82. The van der Waals surface area contributed by atoms with E-state index in [9.17, 15) is 9.90 Å². The molecular weight excluding hydrogens is 395 g/mol. The van der Waals surface area contributed by atoms with E-state index in [0.717, 1.165) is 0 Å². The summed E-state index contributed by atoms with van der Waals surface area (Å²) in [4.78, 5) is 15.4. The van der Waals surface area contributed by atoms with Gasteiger partial charge in [0.15, 0.2) is 0 Å². The number of aromatic carboxylic acids is 1. The molecule has 0 unspecified atom stereocenters. The highest BCUT2D eigenvalue weighted by Gasteiger charge is 2.27. The normalized spacial score (nSPS) is 10.6. The molecule has 0 atom stereocenters. The monoisotopic (exact) mass is 399 g/mol. The van der Waals surface area contributed by atoms with Crippen molar-refractivity contribution in [3.63, 3.8) is 0 Å². The van der Waals surface area contributed by atoms with Crippen molar-refractivity contribution < 1.29 is 14.6 Å². The average molecular weight is 401 g/mol. The number of pyridine rings is 1. The Morgan fingerprint density at radius 3 is 1.95 bits per heavy atom. The number of halogens is 5. The Morgan fingerprint density at radius 2 is 1.50 bits per heavy atom. The minimum atomic E-state index is -1.22. The zero-order valence-electron chi connectivity index (χ0n) is 10.8. The van der Waals surface area contributed by atoms with Crippen LogP contribution in [-0.4, -0.2) is 23.2 Å². The molecule has 0 aliphatic heterocycles. The lowest BCUT2D eigenvalue weighted by Gasteiger charge is -2.16. The molecule has 0 aliphatic carbocycles. The predicted octanol–water partition coefficient (Wildman–Crippen LogP) is 5.72. The van der Waals surface area contributed by atoms with Crippen LogP contribution in [0.2, 0.25) is 25.1 Å². The fraction of sp³-hybridized carbons (Fsp3) is 0.0769. The Morgan fingerprint density at radius 1 is 1.00 bits per heavy atom. The number of benzene rings is 1. The average Bonchev–Trinajstić information content (AvgIpc) is 2.51. The summed E-state index contributed by atoms with van der Waals surface area (Å²) in [5, 5.41) is 9.15. The second kappa shape index (κ2) is 6.69. The van der Waals surface area contributed by atoms with Gasteiger partial charge in [-0.3, -0.25) is 0 Å². The largest absolute Gasteiger partial charge is 0.481 e. The van der Waals surface area contributed by atoms with E-state index in [0.29, 0.717) is 0 Å². The van der Waals surface area contributed by atoms with Crippen LogP contribution in [0.1, 0.15) is 10.4 Å². The van der Waals surface area contributed by atoms with Crippen molar-refractivity contribution in [3.8, 4) is 17.0 Å². The number of carboxylic acid groups (broad SMARTS) is 1. The van der Waals surface area contributed by atoms with Crippen LogP contribution < -0.4 is 4.74 Å². The molecule has 9 heteroatoms. The Kier molecular flexibility index (Phi) is 5.30. The van der Waals surface area contributed by atoms with Gasteiger partial charge in [0.05, 0.1) is 43.3 Å². The number of carbonyl (C=O) groups is 1. The van der Waals surface area contributed by atoms with Crippen molar-refractivity contribution in [1.29, 1.82) is 0 Å². The molecule has 0 radical (unpaired) electrons. The van der Waals surface area contributed by atoms with E-state index in [1.165, 1.54) is 19.4 Å². The molecule has 0 amide bonds. The number of nitrogens with zero attached hydrogens (tertiary/aromatic N) is 1. The lowest BCUT2D eigenvalue weighted by molar-refractivity contribution is 0.0697. The third-order valence-electron chi connectivity index (χ3n) is 2.80. The van der Waals surface area contributed by atoms with Crippen LogP contribution in [0.5, 0.6) is 5.88 Å². The Bertz CT molecular complexity index is 750. The molecular formula is C13H6Cl5NO3. The van der Waals surface area contributed by atoms with Gasteiger partial charge in [-0.15, -0.1) is 0 Å². The fourth-order valence-corrected chi connectivity index (χ4v) is 3.17. The smallest absolute Gasteiger partial charge is 0.336 e. The van der Waals surface area contributed by atoms with Crippen molar-refractivity contribution >= 4 is 64.0 Å². The molecule has 4 nitrogen and oxygen atoms in total. The van der Waals surface area contributed by atoms with Crippen molar-refractivity contribution in [2.45, 2.75) is 0 Å².